The van der Waals surface area contributed by atoms with Crippen molar-refractivity contribution < 1.29 is 14.7 Å². The number of nitrogens with zero attached hydrogens (tertiary/aromatic N) is 1. The fourth-order valence-electron chi connectivity index (χ4n) is 3.15. The number of rotatable bonds is 2. The number of aliphatic hydroxyl groups is 1. The van der Waals surface area contributed by atoms with Crippen molar-refractivity contribution in [1.82, 2.24) is 4.90 Å². The fraction of sp³-hybridized carbons (Fsp3) is 0.333. The molecule has 0 saturated carbocycles. The van der Waals surface area contributed by atoms with Crippen LogP contribution < -0.4 is 5.73 Å². The molecule has 26 heavy (non-hydrogen) atoms. The average Bonchev–Trinajstić information content (AvgIpc) is 2.88. The summed E-state index contributed by atoms with van der Waals surface area (Å²) in [6.45, 7) is 2.31. The molecule has 2 aliphatic rings. The number of primary amides is 1. The summed E-state index contributed by atoms with van der Waals surface area (Å²) in [6.07, 6.45) is 6.66. The molecular weight excluding hydrogens is 328 g/mol. The lowest BCUT2D eigenvalue weighted by Gasteiger charge is -2.25. The molecule has 1 aromatic carbocycles. The molecule has 0 radical (unpaired) electrons. The smallest absolute Gasteiger partial charge is 0.267 e. The van der Waals surface area contributed by atoms with Crippen molar-refractivity contribution in [3.8, 4) is 11.8 Å². The second-order valence-electron chi connectivity index (χ2n) is 7.16. The lowest BCUT2D eigenvalue weighted by Crippen LogP contribution is -2.37. The first-order chi connectivity index (χ1) is 12.2. The highest BCUT2D eigenvalue weighted by Gasteiger charge is 2.42. The first-order valence-corrected chi connectivity index (χ1v) is 8.54. The number of allylic oxidation sites excluding steroid dienone is 3. The van der Waals surface area contributed by atoms with Gasteiger partial charge in [-0.25, -0.2) is 0 Å². The highest BCUT2D eigenvalue weighted by Crippen LogP contribution is 2.33. The van der Waals surface area contributed by atoms with Crippen LogP contribution in [-0.4, -0.2) is 41.0 Å². The van der Waals surface area contributed by atoms with Crippen molar-refractivity contribution in [2.75, 3.05) is 13.6 Å². The third-order valence-electron chi connectivity index (χ3n) is 5.00. The number of nitrogens with two attached hydrogens (primary N) is 1. The highest BCUT2D eigenvalue weighted by atomic mass is 16.3. The average molecular weight is 350 g/mol. The van der Waals surface area contributed by atoms with Gasteiger partial charge in [-0.2, -0.15) is 0 Å². The van der Waals surface area contributed by atoms with Gasteiger partial charge in [-0.15, -0.1) is 0 Å². The van der Waals surface area contributed by atoms with E-state index in [1.807, 2.05) is 49.4 Å². The Balaban J connectivity index is 1.90. The second kappa shape index (κ2) is 6.47. The van der Waals surface area contributed by atoms with Crippen LogP contribution in [0.2, 0.25) is 0 Å². The lowest BCUT2D eigenvalue weighted by atomic mass is 9.79. The summed E-state index contributed by atoms with van der Waals surface area (Å²) < 4.78 is 0. The summed E-state index contributed by atoms with van der Waals surface area (Å²) in [4.78, 5) is 25.2. The van der Waals surface area contributed by atoms with E-state index in [0.29, 0.717) is 24.9 Å². The van der Waals surface area contributed by atoms with Gasteiger partial charge in [0.1, 0.15) is 0 Å². The standard InChI is InChI=1S/C21H22N2O3/c1-20(18(22)24)9-4-7-17(14-20)16-6-3-5-15(13-16)8-10-21(26)11-12-23(2)19(21)25/h3-7,13-14,26H,9,11-12H2,1-2H3,(H2,22,24)/t20?,21-/m0/s1. The Labute approximate surface area is 153 Å². The lowest BCUT2D eigenvalue weighted by molar-refractivity contribution is -0.137. The number of benzene rings is 1. The highest BCUT2D eigenvalue weighted by molar-refractivity contribution is 5.91. The Morgan fingerprint density at radius 1 is 1.38 bits per heavy atom. The van der Waals surface area contributed by atoms with E-state index in [2.05, 4.69) is 11.8 Å². The molecule has 3 rings (SSSR count). The van der Waals surface area contributed by atoms with Gasteiger partial charge in [0.15, 0.2) is 0 Å². The van der Waals surface area contributed by atoms with Crippen LogP contribution in [0.5, 0.6) is 0 Å². The van der Waals surface area contributed by atoms with Gasteiger partial charge in [0, 0.05) is 25.6 Å². The zero-order chi connectivity index (χ0) is 18.9. The van der Waals surface area contributed by atoms with Crippen molar-refractivity contribution in [3.63, 3.8) is 0 Å². The molecule has 1 unspecified atom stereocenters. The molecule has 3 N–H and O–H groups in total. The van der Waals surface area contributed by atoms with E-state index in [1.54, 1.807) is 7.05 Å². The predicted molar refractivity (Wildman–Crippen MR) is 99.6 cm³/mol. The van der Waals surface area contributed by atoms with E-state index in [9.17, 15) is 14.7 Å². The summed E-state index contributed by atoms with van der Waals surface area (Å²) in [5, 5.41) is 10.4. The number of likely N-dealkylation sites (tertiary alicyclic amines) is 1. The van der Waals surface area contributed by atoms with E-state index >= 15 is 0 Å². The topological polar surface area (TPSA) is 83.6 Å². The van der Waals surface area contributed by atoms with Crippen LogP contribution in [0.4, 0.5) is 0 Å². The Morgan fingerprint density at radius 3 is 2.81 bits per heavy atom. The van der Waals surface area contributed by atoms with E-state index in [4.69, 9.17) is 5.73 Å². The molecule has 1 aliphatic carbocycles. The molecular formula is C21H22N2O3. The Bertz CT molecular complexity index is 890. The monoisotopic (exact) mass is 350 g/mol. The largest absolute Gasteiger partial charge is 0.369 e. The van der Waals surface area contributed by atoms with E-state index in [-0.39, 0.29) is 11.8 Å². The minimum Gasteiger partial charge on any atom is -0.369 e. The zero-order valence-electron chi connectivity index (χ0n) is 15.0. The number of likely N-dealkylation sites (N-methyl/N-ethyl adjacent to an activating group) is 1. The van der Waals surface area contributed by atoms with Gasteiger partial charge in [0.2, 0.25) is 11.5 Å². The van der Waals surface area contributed by atoms with Crippen molar-refractivity contribution in [2.45, 2.75) is 25.4 Å². The summed E-state index contributed by atoms with van der Waals surface area (Å²) in [7, 11) is 1.65. The summed E-state index contributed by atoms with van der Waals surface area (Å²) >= 11 is 0. The van der Waals surface area contributed by atoms with Gasteiger partial charge in [-0.05, 0) is 36.6 Å². The maximum Gasteiger partial charge on any atom is 0.267 e. The Kier molecular flexibility index (Phi) is 4.47. The number of amides is 2. The van der Waals surface area contributed by atoms with Crippen LogP contribution in [0.15, 0.2) is 42.5 Å². The van der Waals surface area contributed by atoms with Crippen molar-refractivity contribution in [1.29, 1.82) is 0 Å². The molecule has 134 valence electrons. The maximum absolute atomic E-state index is 12.0. The molecule has 5 heteroatoms. The molecule has 0 aromatic heterocycles. The van der Waals surface area contributed by atoms with Crippen LogP contribution in [0.25, 0.3) is 5.57 Å². The molecule has 5 nitrogen and oxygen atoms in total. The fourth-order valence-corrected chi connectivity index (χ4v) is 3.15. The second-order valence-corrected chi connectivity index (χ2v) is 7.16. The predicted octanol–water partition coefficient (Wildman–Crippen LogP) is 1.47. The van der Waals surface area contributed by atoms with Crippen molar-refractivity contribution >= 4 is 17.4 Å². The number of carbonyl (C=O) groups excluding carboxylic acids is 2. The van der Waals surface area contributed by atoms with E-state index in [1.165, 1.54) is 4.90 Å². The molecule has 0 bridgehead atoms. The Morgan fingerprint density at radius 2 is 2.15 bits per heavy atom. The molecule has 2 amide bonds. The molecule has 1 fully saturated rings. The summed E-state index contributed by atoms with van der Waals surface area (Å²) in [5.41, 5.74) is 5.70. The number of carbonyl (C=O) groups is 2. The van der Waals surface area contributed by atoms with Gasteiger partial charge in [-0.1, -0.05) is 42.2 Å². The van der Waals surface area contributed by atoms with Crippen LogP contribution in [0, 0.1) is 17.3 Å². The third-order valence-corrected chi connectivity index (χ3v) is 5.00. The number of hydrogen-bond donors (Lipinski definition) is 2. The Hall–Kier alpha value is -2.84. The molecule has 2 atom stereocenters. The minimum atomic E-state index is -1.61. The normalized spacial score (nSPS) is 27.7. The van der Waals surface area contributed by atoms with Crippen LogP contribution in [-0.2, 0) is 9.59 Å². The minimum absolute atomic E-state index is 0.305. The summed E-state index contributed by atoms with van der Waals surface area (Å²) in [5.74, 6) is 4.91. The van der Waals surface area contributed by atoms with Gasteiger partial charge < -0.3 is 15.7 Å². The van der Waals surface area contributed by atoms with Crippen molar-refractivity contribution in [2.24, 2.45) is 11.1 Å². The van der Waals surface area contributed by atoms with Crippen LogP contribution >= 0.6 is 0 Å². The van der Waals surface area contributed by atoms with Gasteiger partial charge >= 0.3 is 0 Å². The quantitative estimate of drug-likeness (QED) is 0.792. The first-order valence-electron chi connectivity index (χ1n) is 8.54. The molecule has 1 aromatic rings. The number of hydrogen-bond acceptors (Lipinski definition) is 3. The van der Waals surface area contributed by atoms with E-state index < -0.39 is 11.0 Å². The molecule has 0 spiro atoms. The third kappa shape index (κ3) is 3.29. The van der Waals surface area contributed by atoms with Crippen molar-refractivity contribution in [3.05, 3.63) is 53.6 Å². The van der Waals surface area contributed by atoms with Gasteiger partial charge in [-0.3, -0.25) is 9.59 Å². The molecule has 1 heterocycles. The van der Waals surface area contributed by atoms with Crippen LogP contribution in [0.3, 0.4) is 0 Å². The van der Waals surface area contributed by atoms with E-state index in [0.717, 1.165) is 11.1 Å². The maximum atomic E-state index is 12.0. The van der Waals surface area contributed by atoms with Gasteiger partial charge in [0.05, 0.1) is 5.41 Å². The first kappa shape index (κ1) is 18.0. The molecule has 1 aliphatic heterocycles. The van der Waals surface area contributed by atoms with Gasteiger partial charge in [0.25, 0.3) is 5.91 Å². The molecule has 1 saturated heterocycles. The van der Waals surface area contributed by atoms with Crippen LogP contribution in [0.1, 0.15) is 30.9 Å². The summed E-state index contributed by atoms with van der Waals surface area (Å²) in [6, 6.07) is 7.49. The SMILES string of the molecule is CN1CC[C@@](O)(C#Cc2cccc(C3=CC(C)(C(N)=O)CC=C3)c2)C1=O. The zero-order valence-corrected chi connectivity index (χ0v) is 15.0.